The molecule has 676 valence electrons. The third-order valence-electron chi connectivity index (χ3n) is 27.5. The van der Waals surface area contributed by atoms with Gasteiger partial charge < -0.3 is 28.9 Å². The topological polar surface area (TPSA) is 164 Å². The second kappa shape index (κ2) is 34.7. The minimum atomic E-state index is -1.07. The van der Waals surface area contributed by atoms with Gasteiger partial charge in [-0.1, -0.05) is 286 Å². The number of benzene rings is 12. The van der Waals surface area contributed by atoms with Crippen LogP contribution in [-0.2, 0) is 81.8 Å². The molecule has 24 heteroatoms. The van der Waals surface area contributed by atoms with E-state index in [-0.39, 0.29) is 142 Å². The van der Waals surface area contributed by atoms with Gasteiger partial charge in [0.1, 0.15) is 56.4 Å². The SMILES string of the molecule is C.O=C1c2c(OCc3ccccc3)c(=O)ccn2N(C23C(=Cc4c2ccc(F)c4F)Cc2ccccc23)CN1Cc1ccccc1.O=C1c2c(OCc3ccccc3)c(=O)ccn2N(C23C(=Cc4ccccc42)Cc2c3ccc(F)c2F)CN1Cc1ccccc1.O=C1c2c(OCc3ccccc3)c(=O)ccn2N(C23c4ccccc4CC2Cc2c3ccc(F)c2F)CN1Cc1ccccc1. The number of halogens is 6. The fraction of sp³-hybridized carbons (Fsp3) is 0.161. The summed E-state index contributed by atoms with van der Waals surface area (Å²) in [7, 11) is 0. The van der Waals surface area contributed by atoms with Crippen molar-refractivity contribution < 1.29 is 54.9 Å². The first-order valence-electron chi connectivity index (χ1n) is 44.6. The summed E-state index contributed by atoms with van der Waals surface area (Å²) in [6.07, 6.45) is 10.2. The molecule has 0 bridgehead atoms. The van der Waals surface area contributed by atoms with Crippen molar-refractivity contribution in [2.45, 2.75) is 89.2 Å². The molecule has 0 spiro atoms. The molecule has 12 aromatic carbocycles. The number of hydrogen-bond donors (Lipinski definition) is 0. The van der Waals surface area contributed by atoms with E-state index < -0.39 is 67.8 Å². The molecule has 4 atom stereocenters. The van der Waals surface area contributed by atoms with Gasteiger partial charge in [-0.05, 0) is 144 Å². The molecular formula is C112H87F6N9O9. The Morgan fingerprint density at radius 1 is 0.309 bits per heavy atom. The van der Waals surface area contributed by atoms with Crippen molar-refractivity contribution >= 4 is 29.9 Å². The van der Waals surface area contributed by atoms with E-state index in [1.54, 1.807) is 71.6 Å². The number of nitrogens with zero attached hydrogens (tertiary/aromatic N) is 9. The van der Waals surface area contributed by atoms with Gasteiger partial charge in [0, 0.05) is 79.9 Å². The summed E-state index contributed by atoms with van der Waals surface area (Å²) in [6.45, 7) is 1.44. The number of aromatic nitrogens is 3. The number of rotatable bonds is 18. The van der Waals surface area contributed by atoms with Crippen LogP contribution >= 0.6 is 0 Å². The summed E-state index contributed by atoms with van der Waals surface area (Å²) >= 11 is 0. The zero-order valence-corrected chi connectivity index (χ0v) is 72.6. The quantitative estimate of drug-likeness (QED) is 0.0748. The Kier molecular flexibility index (Phi) is 22.1. The predicted molar refractivity (Wildman–Crippen MR) is 504 cm³/mol. The normalized spacial score (nSPS) is 18.3. The van der Waals surface area contributed by atoms with Crippen LogP contribution in [0.4, 0.5) is 26.3 Å². The highest BCUT2D eigenvalue weighted by atomic mass is 19.2. The Morgan fingerprint density at radius 2 is 0.669 bits per heavy atom. The van der Waals surface area contributed by atoms with Gasteiger partial charge in [0.15, 0.2) is 69.2 Å². The fourth-order valence-corrected chi connectivity index (χ4v) is 21.7. The Bertz CT molecular complexity index is 7400. The first-order chi connectivity index (χ1) is 65.9. The Balaban J connectivity index is 0.000000122. The number of amides is 3. The highest BCUT2D eigenvalue weighted by Gasteiger charge is 2.62. The highest BCUT2D eigenvalue weighted by molar-refractivity contribution is 5.99. The van der Waals surface area contributed by atoms with Gasteiger partial charge in [-0.25, -0.2) is 26.3 Å². The van der Waals surface area contributed by atoms with Crippen LogP contribution in [0.1, 0.15) is 139 Å². The Hall–Kier alpha value is -16.2. The van der Waals surface area contributed by atoms with E-state index in [0.717, 1.165) is 90.0 Å². The molecule has 6 heterocycles. The van der Waals surface area contributed by atoms with Crippen molar-refractivity contribution in [3.05, 3.63) is 522 Å². The number of pyridine rings is 3. The van der Waals surface area contributed by atoms with Gasteiger partial charge in [-0.3, -0.25) is 57.8 Å². The maximum absolute atomic E-state index is 15.5. The summed E-state index contributed by atoms with van der Waals surface area (Å²) in [5, 5.41) is 6.03. The Morgan fingerprint density at radius 3 is 1.14 bits per heavy atom. The predicted octanol–water partition coefficient (Wildman–Crippen LogP) is 18.9. The van der Waals surface area contributed by atoms with Gasteiger partial charge in [0.2, 0.25) is 16.3 Å². The maximum Gasteiger partial charge on any atom is 0.278 e. The lowest BCUT2D eigenvalue weighted by Crippen LogP contribution is -2.63. The van der Waals surface area contributed by atoms with Gasteiger partial charge in [0.25, 0.3) is 17.7 Å². The molecule has 3 amide bonds. The average molecular weight is 1820 g/mol. The van der Waals surface area contributed by atoms with Crippen LogP contribution in [0.3, 0.4) is 0 Å². The van der Waals surface area contributed by atoms with E-state index in [2.05, 4.69) is 11.1 Å². The molecule has 0 fully saturated rings. The molecule has 3 aliphatic heterocycles. The zero-order valence-electron chi connectivity index (χ0n) is 72.6. The third kappa shape index (κ3) is 14.1. The van der Waals surface area contributed by atoms with E-state index in [1.807, 2.05) is 265 Å². The van der Waals surface area contributed by atoms with E-state index >= 15 is 13.2 Å². The highest BCUT2D eigenvalue weighted by Crippen LogP contribution is 2.61. The van der Waals surface area contributed by atoms with Gasteiger partial charge >= 0.3 is 0 Å². The fourth-order valence-electron chi connectivity index (χ4n) is 21.7. The molecule has 6 aliphatic carbocycles. The Labute approximate surface area is 778 Å². The minimum Gasteiger partial charge on any atom is -0.482 e. The molecule has 18 nitrogen and oxygen atoms in total. The molecule has 4 unspecified atom stereocenters. The summed E-state index contributed by atoms with van der Waals surface area (Å²) in [5.41, 5.74) is 11.5. The van der Waals surface area contributed by atoms with Crippen molar-refractivity contribution in [1.82, 2.24) is 28.7 Å². The zero-order chi connectivity index (χ0) is 92.1. The van der Waals surface area contributed by atoms with Gasteiger partial charge in [-0.2, -0.15) is 0 Å². The lowest BCUT2D eigenvalue weighted by molar-refractivity contribution is 0.0624. The minimum absolute atomic E-state index is 0. The molecule has 0 saturated carbocycles. The van der Waals surface area contributed by atoms with E-state index in [4.69, 9.17) is 14.2 Å². The number of carbonyl (C=O) groups is 3. The number of ether oxygens (including phenoxy) is 3. The summed E-state index contributed by atoms with van der Waals surface area (Å²) in [5.74, 6) is -6.72. The first-order valence-corrected chi connectivity index (χ1v) is 44.6. The standard InChI is InChI=1S/C37H29F2N3O3.2C37H27F2N3O3.CH4/c3*38-31-16-15-30-28(33(31)39)20-27-19-26-13-7-8-14-29(26)37(27,30)42-23-40(21-24-9-3-1-4-10-24)36(44)34-35(32(43)17-18-41(34)42)45-22-25-11-5-2-6-12-25;/h1-18,27H,19-23H2;1-18,20H,19,21-23H2;1-19H,20-23H2;1H4. The van der Waals surface area contributed by atoms with Crippen LogP contribution in [0.15, 0.2) is 354 Å². The van der Waals surface area contributed by atoms with Crippen LogP contribution in [0.2, 0.25) is 0 Å². The molecule has 9 aliphatic rings. The molecular weight excluding hydrogens is 1730 g/mol. The summed E-state index contributed by atoms with van der Waals surface area (Å²) in [6, 6.07) is 93.7. The lowest BCUT2D eigenvalue weighted by atomic mass is 9.81. The van der Waals surface area contributed by atoms with Crippen LogP contribution in [0.25, 0.3) is 12.2 Å². The van der Waals surface area contributed by atoms with Crippen molar-refractivity contribution in [2.24, 2.45) is 5.92 Å². The van der Waals surface area contributed by atoms with E-state index in [0.29, 0.717) is 41.5 Å². The third-order valence-corrected chi connectivity index (χ3v) is 27.5. The van der Waals surface area contributed by atoms with Crippen molar-refractivity contribution in [2.75, 3.05) is 35.0 Å². The molecule has 0 saturated heterocycles. The van der Waals surface area contributed by atoms with Crippen molar-refractivity contribution in [3.63, 3.8) is 0 Å². The van der Waals surface area contributed by atoms with Crippen LogP contribution in [-0.4, -0.2) is 66.5 Å². The van der Waals surface area contributed by atoms with Gasteiger partial charge in [0.05, 0.1) is 0 Å². The molecule has 136 heavy (non-hydrogen) atoms. The molecule has 0 N–H and O–H groups in total. The molecule has 15 aromatic rings. The lowest BCUT2D eigenvalue weighted by Gasteiger charge is -2.50. The average Bonchev–Trinajstić information content (AvgIpc) is 1.53. The summed E-state index contributed by atoms with van der Waals surface area (Å²) in [4.78, 5) is 88.5. The van der Waals surface area contributed by atoms with E-state index in [1.165, 1.54) is 24.3 Å². The maximum atomic E-state index is 15.5. The van der Waals surface area contributed by atoms with Crippen molar-refractivity contribution in [1.29, 1.82) is 0 Å². The van der Waals surface area contributed by atoms with Crippen LogP contribution < -0.4 is 45.5 Å². The second-order valence-corrected chi connectivity index (χ2v) is 35.0. The van der Waals surface area contributed by atoms with Crippen LogP contribution in [0.5, 0.6) is 17.2 Å². The number of hydrogen-bond acceptors (Lipinski definition) is 12. The van der Waals surface area contributed by atoms with Gasteiger partial charge in [-0.15, -0.1) is 0 Å². The number of fused-ring (bicyclic) bond motifs is 18. The van der Waals surface area contributed by atoms with Crippen LogP contribution in [0, 0.1) is 40.8 Å². The molecule has 0 radical (unpaired) electrons. The largest absolute Gasteiger partial charge is 0.482 e. The molecule has 3 aromatic heterocycles. The first kappa shape index (κ1) is 86.5. The molecule has 24 rings (SSSR count). The van der Waals surface area contributed by atoms with Crippen molar-refractivity contribution in [3.8, 4) is 17.2 Å². The smallest absolute Gasteiger partial charge is 0.278 e. The monoisotopic (exact) mass is 1820 g/mol. The van der Waals surface area contributed by atoms with E-state index in [9.17, 15) is 41.9 Å². The second-order valence-electron chi connectivity index (χ2n) is 35.0. The number of carbonyl (C=O) groups excluding carboxylic acids is 3. The summed E-state index contributed by atoms with van der Waals surface area (Å²) < 4.78 is 114.